The lowest BCUT2D eigenvalue weighted by Crippen LogP contribution is -2.58. The summed E-state index contributed by atoms with van der Waals surface area (Å²) in [4.78, 5) is 21.0. The van der Waals surface area contributed by atoms with Crippen LogP contribution in [0.2, 0.25) is 0 Å². The van der Waals surface area contributed by atoms with E-state index < -0.39 is 11.9 Å². The molecule has 36 heavy (non-hydrogen) atoms. The van der Waals surface area contributed by atoms with Gasteiger partial charge in [-0.05, 0) is 31.4 Å². The topological polar surface area (TPSA) is 83.0 Å². The van der Waals surface area contributed by atoms with Gasteiger partial charge in [0.25, 0.3) is 5.56 Å². The molecule has 1 saturated heterocycles. The Labute approximate surface area is 207 Å². The van der Waals surface area contributed by atoms with Gasteiger partial charge in [-0.3, -0.25) is 19.4 Å². The van der Waals surface area contributed by atoms with E-state index in [0.29, 0.717) is 24.1 Å². The van der Waals surface area contributed by atoms with Gasteiger partial charge in [0, 0.05) is 50.5 Å². The summed E-state index contributed by atoms with van der Waals surface area (Å²) in [6, 6.07) is 6.28. The van der Waals surface area contributed by atoms with Gasteiger partial charge in [-0.25, -0.2) is 0 Å². The lowest BCUT2D eigenvalue weighted by molar-refractivity contribution is -0.141. The van der Waals surface area contributed by atoms with Crippen molar-refractivity contribution < 1.29 is 13.2 Å². The molecule has 0 spiro atoms. The molecule has 0 N–H and O–H groups in total. The van der Waals surface area contributed by atoms with Gasteiger partial charge in [-0.1, -0.05) is 19.9 Å². The summed E-state index contributed by atoms with van der Waals surface area (Å²) in [7, 11) is 1.69. The molecule has 0 radical (unpaired) electrons. The number of hydrogen-bond acceptors (Lipinski definition) is 6. The molecule has 1 aliphatic rings. The van der Waals surface area contributed by atoms with Crippen molar-refractivity contribution >= 4 is 16.7 Å². The molecule has 0 aromatic carbocycles. The number of nitriles is 1. The predicted octanol–water partition coefficient (Wildman–Crippen LogP) is 4.11. The van der Waals surface area contributed by atoms with Crippen LogP contribution in [0.1, 0.15) is 50.9 Å². The quantitative estimate of drug-likeness (QED) is 0.506. The average Bonchev–Trinajstić information content (AvgIpc) is 3.29. The van der Waals surface area contributed by atoms with Crippen molar-refractivity contribution in [3.05, 3.63) is 52.2 Å². The minimum Gasteiger partial charge on any atom is -0.364 e. The molecule has 1 fully saturated rings. The fourth-order valence-electron chi connectivity index (χ4n) is 5.08. The van der Waals surface area contributed by atoms with E-state index in [2.05, 4.69) is 39.8 Å². The van der Waals surface area contributed by atoms with Gasteiger partial charge in [-0.15, -0.1) is 0 Å². The van der Waals surface area contributed by atoms with Crippen LogP contribution in [0.3, 0.4) is 0 Å². The molecule has 3 aromatic heterocycles. The number of anilines is 1. The maximum absolute atomic E-state index is 13.0. The van der Waals surface area contributed by atoms with Crippen molar-refractivity contribution in [1.29, 1.82) is 5.26 Å². The lowest BCUT2D eigenvalue weighted by atomic mass is 9.97. The molecule has 3 atom stereocenters. The highest BCUT2D eigenvalue weighted by Crippen LogP contribution is 2.35. The lowest BCUT2D eigenvalue weighted by Gasteiger charge is -2.49. The number of aryl methyl sites for hydroxylation is 1. The SMILES string of the molecule is CC[C@H]1CN([C@H](C)c2ccc(C(F)(F)F)nc2)[C@H](CC)CN1c1cc(=O)n(C)c2cn(CC#N)nc12. The third-order valence-corrected chi connectivity index (χ3v) is 7.22. The molecule has 0 aliphatic carbocycles. The van der Waals surface area contributed by atoms with E-state index in [1.165, 1.54) is 16.8 Å². The molecule has 0 amide bonds. The summed E-state index contributed by atoms with van der Waals surface area (Å²) in [5.74, 6) is 0. The summed E-state index contributed by atoms with van der Waals surface area (Å²) in [6.07, 6.45) is 0.200. The third kappa shape index (κ3) is 4.69. The van der Waals surface area contributed by atoms with Crippen molar-refractivity contribution in [3.63, 3.8) is 0 Å². The molecule has 3 aromatic rings. The summed E-state index contributed by atoms with van der Waals surface area (Å²) in [5, 5.41) is 13.7. The Morgan fingerprint density at radius 2 is 1.92 bits per heavy atom. The standard InChI is InChI=1S/C25H30F3N7O/c1-5-18-14-35(20-11-23(36)32(4)21-15-33(10-9-29)31-24(20)21)19(6-2)13-34(18)16(3)17-7-8-22(30-12-17)25(26,27)28/h7-8,11-12,15-16,18-19H,5-6,10,13-14H2,1-4H3/t16-,18-,19+/m1/s1. The second-order valence-corrected chi connectivity index (χ2v) is 9.27. The Morgan fingerprint density at radius 1 is 1.19 bits per heavy atom. The van der Waals surface area contributed by atoms with Crippen LogP contribution < -0.4 is 10.5 Å². The first kappa shape index (κ1) is 25.7. The van der Waals surface area contributed by atoms with Crippen molar-refractivity contribution in [3.8, 4) is 6.07 Å². The van der Waals surface area contributed by atoms with Gasteiger partial charge in [0.2, 0.25) is 0 Å². The van der Waals surface area contributed by atoms with Crippen LogP contribution in [0.15, 0.2) is 35.4 Å². The fourth-order valence-corrected chi connectivity index (χ4v) is 5.08. The van der Waals surface area contributed by atoms with Crippen LogP contribution in [0.5, 0.6) is 0 Å². The second-order valence-electron chi connectivity index (χ2n) is 9.27. The molecule has 0 unspecified atom stereocenters. The number of halogens is 3. The van der Waals surface area contributed by atoms with E-state index >= 15 is 0 Å². The van der Waals surface area contributed by atoms with E-state index in [1.54, 1.807) is 24.0 Å². The van der Waals surface area contributed by atoms with Gasteiger partial charge < -0.3 is 9.47 Å². The first-order valence-corrected chi connectivity index (χ1v) is 12.1. The Morgan fingerprint density at radius 3 is 2.50 bits per heavy atom. The Bertz CT molecular complexity index is 1320. The van der Waals surface area contributed by atoms with Crippen LogP contribution in [0, 0.1) is 11.3 Å². The number of alkyl halides is 3. The first-order valence-electron chi connectivity index (χ1n) is 12.1. The normalized spacial score (nSPS) is 20.0. The number of rotatable bonds is 6. The van der Waals surface area contributed by atoms with E-state index in [0.717, 1.165) is 30.2 Å². The minimum atomic E-state index is -4.47. The highest BCUT2D eigenvalue weighted by Gasteiger charge is 2.37. The summed E-state index contributed by atoms with van der Waals surface area (Å²) in [5.41, 5.74) is 1.78. The number of piperazine rings is 1. The molecule has 1 aliphatic heterocycles. The summed E-state index contributed by atoms with van der Waals surface area (Å²) >= 11 is 0. The first-order chi connectivity index (χ1) is 17.1. The molecule has 0 bridgehead atoms. The zero-order valence-corrected chi connectivity index (χ0v) is 20.8. The molecular weight excluding hydrogens is 471 g/mol. The number of nitrogens with zero attached hydrogens (tertiary/aromatic N) is 7. The Hall–Kier alpha value is -3.39. The zero-order valence-electron chi connectivity index (χ0n) is 20.8. The van der Waals surface area contributed by atoms with Crippen molar-refractivity contribution in [1.82, 2.24) is 24.2 Å². The maximum Gasteiger partial charge on any atom is 0.433 e. The summed E-state index contributed by atoms with van der Waals surface area (Å²) < 4.78 is 42.0. The van der Waals surface area contributed by atoms with Gasteiger partial charge in [0.1, 0.15) is 17.8 Å². The fraction of sp³-hybridized carbons (Fsp3) is 0.520. The molecule has 4 rings (SSSR count). The number of hydrogen-bond donors (Lipinski definition) is 0. The maximum atomic E-state index is 13.0. The largest absolute Gasteiger partial charge is 0.433 e. The molecular formula is C25H30F3N7O. The van der Waals surface area contributed by atoms with Crippen LogP contribution in [-0.2, 0) is 19.8 Å². The van der Waals surface area contributed by atoms with Gasteiger partial charge in [-0.2, -0.15) is 23.5 Å². The second kappa shape index (κ2) is 9.93. The molecule has 11 heteroatoms. The molecule has 0 saturated carbocycles. The third-order valence-electron chi connectivity index (χ3n) is 7.22. The van der Waals surface area contributed by atoms with Crippen molar-refractivity contribution in [2.24, 2.45) is 7.05 Å². The molecule has 4 heterocycles. The number of fused-ring (bicyclic) bond motifs is 1. The van der Waals surface area contributed by atoms with Gasteiger partial charge in [0.05, 0.1) is 23.5 Å². The van der Waals surface area contributed by atoms with Crippen LogP contribution in [-0.4, -0.2) is 49.4 Å². The summed E-state index contributed by atoms with van der Waals surface area (Å²) in [6.45, 7) is 7.56. The smallest absolute Gasteiger partial charge is 0.364 e. The number of pyridine rings is 2. The number of aromatic nitrogens is 4. The highest BCUT2D eigenvalue weighted by molar-refractivity contribution is 5.88. The Kier molecular flexibility index (Phi) is 7.09. The van der Waals surface area contributed by atoms with Crippen LogP contribution in [0.25, 0.3) is 11.0 Å². The molecule has 8 nitrogen and oxygen atoms in total. The van der Waals surface area contributed by atoms with E-state index in [-0.39, 0.29) is 30.2 Å². The van der Waals surface area contributed by atoms with Gasteiger partial charge in [0.15, 0.2) is 0 Å². The van der Waals surface area contributed by atoms with E-state index in [4.69, 9.17) is 5.26 Å². The van der Waals surface area contributed by atoms with Crippen LogP contribution in [0.4, 0.5) is 18.9 Å². The van der Waals surface area contributed by atoms with Crippen molar-refractivity contribution in [2.45, 2.75) is 64.5 Å². The highest BCUT2D eigenvalue weighted by atomic mass is 19.4. The van der Waals surface area contributed by atoms with Crippen molar-refractivity contribution in [2.75, 3.05) is 18.0 Å². The minimum absolute atomic E-state index is 0.0640. The van der Waals surface area contributed by atoms with Gasteiger partial charge >= 0.3 is 6.18 Å². The monoisotopic (exact) mass is 501 g/mol. The average molecular weight is 502 g/mol. The Balaban J connectivity index is 1.68. The van der Waals surface area contributed by atoms with E-state index in [9.17, 15) is 18.0 Å². The van der Waals surface area contributed by atoms with Crippen LogP contribution >= 0.6 is 0 Å². The zero-order chi connectivity index (χ0) is 26.2. The molecule has 192 valence electrons. The van der Waals surface area contributed by atoms with E-state index in [1.807, 2.05) is 6.92 Å². The predicted molar refractivity (Wildman–Crippen MR) is 130 cm³/mol.